The molecular weight excluding hydrogens is 252 g/mol. The van der Waals surface area contributed by atoms with Crippen LogP contribution in [0.2, 0.25) is 0 Å². The fraction of sp³-hybridized carbons (Fsp3) is 0.562. The van der Waals surface area contributed by atoms with Gasteiger partial charge >= 0.3 is 0 Å². The molecule has 2 rings (SSSR count). The van der Waals surface area contributed by atoms with Crippen molar-refractivity contribution in [1.82, 2.24) is 5.32 Å². The third-order valence-corrected chi connectivity index (χ3v) is 3.56. The van der Waals surface area contributed by atoms with Gasteiger partial charge in [0.2, 0.25) is 5.91 Å². The molecule has 110 valence electrons. The Kier molecular flexibility index (Phi) is 5.01. The fourth-order valence-electron chi connectivity index (χ4n) is 2.22. The first-order valence-electron chi connectivity index (χ1n) is 7.35. The second-order valence-electron chi connectivity index (χ2n) is 5.73. The second kappa shape index (κ2) is 6.75. The van der Waals surface area contributed by atoms with Gasteiger partial charge in [0.25, 0.3) is 0 Å². The van der Waals surface area contributed by atoms with E-state index >= 15 is 0 Å². The lowest BCUT2D eigenvalue weighted by Crippen LogP contribution is -2.43. The molecule has 0 aromatic heterocycles. The van der Waals surface area contributed by atoms with Crippen molar-refractivity contribution in [3.63, 3.8) is 0 Å². The highest BCUT2D eigenvalue weighted by molar-refractivity contribution is 5.79. The first-order valence-corrected chi connectivity index (χ1v) is 7.35. The van der Waals surface area contributed by atoms with E-state index in [0.717, 1.165) is 18.6 Å². The molecule has 0 radical (unpaired) electrons. The molecule has 0 aliphatic heterocycles. The molecule has 3 N–H and O–H groups in total. The summed E-state index contributed by atoms with van der Waals surface area (Å²) >= 11 is 0. The maximum atomic E-state index is 11.4. The minimum absolute atomic E-state index is 0.284. The Morgan fingerprint density at radius 2 is 2.10 bits per heavy atom. The Morgan fingerprint density at radius 1 is 1.40 bits per heavy atom. The van der Waals surface area contributed by atoms with Crippen molar-refractivity contribution < 1.29 is 9.53 Å². The van der Waals surface area contributed by atoms with Gasteiger partial charge in [0.1, 0.15) is 5.75 Å². The molecule has 4 heteroatoms. The van der Waals surface area contributed by atoms with Crippen LogP contribution >= 0.6 is 0 Å². The fourth-order valence-corrected chi connectivity index (χ4v) is 2.22. The molecule has 0 heterocycles. The predicted octanol–water partition coefficient (Wildman–Crippen LogP) is 2.18. The topological polar surface area (TPSA) is 64.3 Å². The van der Waals surface area contributed by atoms with Gasteiger partial charge in [0.15, 0.2) is 0 Å². The maximum Gasteiger partial charge on any atom is 0.234 e. The van der Waals surface area contributed by atoms with Crippen LogP contribution in [0.5, 0.6) is 5.75 Å². The molecule has 20 heavy (non-hydrogen) atoms. The van der Waals surface area contributed by atoms with E-state index < -0.39 is 0 Å². The SMILES string of the molecule is CC(C)c1ccccc1OCCC(NC1CC1)C(N)=O. The van der Waals surface area contributed by atoms with E-state index in [1.165, 1.54) is 5.56 Å². The van der Waals surface area contributed by atoms with E-state index in [2.05, 4.69) is 25.2 Å². The van der Waals surface area contributed by atoms with Gasteiger partial charge in [-0.1, -0.05) is 32.0 Å². The van der Waals surface area contributed by atoms with E-state index in [4.69, 9.17) is 10.5 Å². The van der Waals surface area contributed by atoms with Crippen LogP contribution in [0.3, 0.4) is 0 Å². The minimum atomic E-state index is -0.294. The lowest BCUT2D eigenvalue weighted by molar-refractivity contribution is -0.120. The van der Waals surface area contributed by atoms with Crippen LogP contribution in [0, 0.1) is 0 Å². The normalized spacial score (nSPS) is 16.1. The number of para-hydroxylation sites is 1. The number of rotatable bonds is 8. The summed E-state index contributed by atoms with van der Waals surface area (Å²) < 4.78 is 5.83. The van der Waals surface area contributed by atoms with Gasteiger partial charge in [-0.3, -0.25) is 4.79 Å². The number of amides is 1. The van der Waals surface area contributed by atoms with Gasteiger partial charge < -0.3 is 15.8 Å². The highest BCUT2D eigenvalue weighted by atomic mass is 16.5. The number of nitrogens with two attached hydrogens (primary N) is 1. The minimum Gasteiger partial charge on any atom is -0.493 e. The number of ether oxygens (including phenoxy) is 1. The molecule has 4 nitrogen and oxygen atoms in total. The van der Waals surface area contributed by atoms with Crippen molar-refractivity contribution in [2.24, 2.45) is 5.73 Å². The summed E-state index contributed by atoms with van der Waals surface area (Å²) in [6, 6.07) is 8.22. The molecule has 0 bridgehead atoms. The van der Waals surface area contributed by atoms with Gasteiger partial charge in [-0.15, -0.1) is 0 Å². The van der Waals surface area contributed by atoms with Gasteiger partial charge in [-0.05, 0) is 30.4 Å². The molecule has 1 fully saturated rings. The average molecular weight is 276 g/mol. The Hall–Kier alpha value is -1.55. The number of benzene rings is 1. The lowest BCUT2D eigenvalue weighted by atomic mass is 10.0. The van der Waals surface area contributed by atoms with Crippen LogP contribution in [0.1, 0.15) is 44.6 Å². The summed E-state index contributed by atoms with van der Waals surface area (Å²) in [5.41, 5.74) is 6.61. The average Bonchev–Trinajstić information content (AvgIpc) is 3.21. The molecule has 1 aromatic rings. The van der Waals surface area contributed by atoms with Crippen molar-refractivity contribution in [1.29, 1.82) is 0 Å². The molecule has 1 amide bonds. The summed E-state index contributed by atoms with van der Waals surface area (Å²) in [6.45, 7) is 4.78. The molecule has 1 atom stereocenters. The molecule has 1 saturated carbocycles. The van der Waals surface area contributed by atoms with Crippen molar-refractivity contribution in [2.45, 2.75) is 51.1 Å². The summed E-state index contributed by atoms with van der Waals surface area (Å²) in [5, 5.41) is 3.26. The van der Waals surface area contributed by atoms with Crippen molar-refractivity contribution in [2.75, 3.05) is 6.61 Å². The number of primary amides is 1. The highest BCUT2D eigenvalue weighted by Crippen LogP contribution is 2.26. The number of nitrogens with one attached hydrogen (secondary N) is 1. The molecule has 1 aliphatic carbocycles. The van der Waals surface area contributed by atoms with Crippen molar-refractivity contribution >= 4 is 5.91 Å². The van der Waals surface area contributed by atoms with Crippen LogP contribution in [-0.4, -0.2) is 24.6 Å². The van der Waals surface area contributed by atoms with Gasteiger partial charge in [-0.25, -0.2) is 0 Å². The predicted molar refractivity (Wildman–Crippen MR) is 79.8 cm³/mol. The highest BCUT2D eigenvalue weighted by Gasteiger charge is 2.27. The monoisotopic (exact) mass is 276 g/mol. The van der Waals surface area contributed by atoms with Crippen LogP contribution < -0.4 is 15.8 Å². The Balaban J connectivity index is 1.86. The van der Waals surface area contributed by atoms with Crippen molar-refractivity contribution in [3.8, 4) is 5.75 Å². The quantitative estimate of drug-likeness (QED) is 0.765. The largest absolute Gasteiger partial charge is 0.493 e. The number of carbonyl (C=O) groups is 1. The zero-order valence-corrected chi connectivity index (χ0v) is 12.3. The lowest BCUT2D eigenvalue weighted by Gasteiger charge is -2.17. The smallest absolute Gasteiger partial charge is 0.234 e. The standard InChI is InChI=1S/C16H24N2O2/c1-11(2)13-5-3-4-6-15(13)20-10-9-14(16(17)19)18-12-7-8-12/h3-6,11-12,14,18H,7-10H2,1-2H3,(H2,17,19). The van der Waals surface area contributed by atoms with Crippen LogP contribution in [0.25, 0.3) is 0 Å². The third kappa shape index (κ3) is 4.23. The van der Waals surface area contributed by atoms with Gasteiger partial charge in [0.05, 0.1) is 12.6 Å². The van der Waals surface area contributed by atoms with E-state index in [9.17, 15) is 4.79 Å². The Labute approximate surface area is 120 Å². The van der Waals surface area contributed by atoms with Crippen LogP contribution in [0.15, 0.2) is 24.3 Å². The van der Waals surface area contributed by atoms with Gasteiger partial charge in [-0.2, -0.15) is 0 Å². The molecule has 1 aromatic carbocycles. The first kappa shape index (κ1) is 14.9. The molecular formula is C16H24N2O2. The number of carbonyl (C=O) groups excluding carboxylic acids is 1. The van der Waals surface area contributed by atoms with E-state index in [-0.39, 0.29) is 11.9 Å². The Morgan fingerprint density at radius 3 is 2.70 bits per heavy atom. The van der Waals surface area contributed by atoms with E-state index in [0.29, 0.717) is 25.0 Å². The summed E-state index contributed by atoms with van der Waals surface area (Å²) in [4.78, 5) is 11.4. The molecule has 1 aliphatic rings. The molecule has 1 unspecified atom stereocenters. The zero-order chi connectivity index (χ0) is 14.5. The van der Waals surface area contributed by atoms with E-state index in [1.807, 2.05) is 18.2 Å². The number of hydrogen-bond donors (Lipinski definition) is 2. The second-order valence-corrected chi connectivity index (χ2v) is 5.73. The Bertz CT molecular complexity index is 456. The van der Waals surface area contributed by atoms with Crippen LogP contribution in [0.4, 0.5) is 0 Å². The van der Waals surface area contributed by atoms with E-state index in [1.54, 1.807) is 0 Å². The maximum absolute atomic E-state index is 11.4. The summed E-state index contributed by atoms with van der Waals surface area (Å²) in [5.74, 6) is 1.03. The first-order chi connectivity index (χ1) is 9.58. The third-order valence-electron chi connectivity index (χ3n) is 3.56. The zero-order valence-electron chi connectivity index (χ0n) is 12.3. The summed E-state index contributed by atoms with van der Waals surface area (Å²) in [6.07, 6.45) is 2.89. The molecule has 0 spiro atoms. The van der Waals surface area contributed by atoms with Crippen LogP contribution in [-0.2, 0) is 4.79 Å². The summed E-state index contributed by atoms with van der Waals surface area (Å²) in [7, 11) is 0. The molecule has 0 saturated heterocycles. The number of hydrogen-bond acceptors (Lipinski definition) is 3. The van der Waals surface area contributed by atoms with Crippen molar-refractivity contribution in [3.05, 3.63) is 29.8 Å². The van der Waals surface area contributed by atoms with Gasteiger partial charge in [0, 0.05) is 12.5 Å².